The van der Waals surface area contributed by atoms with Crippen molar-refractivity contribution in [3.63, 3.8) is 0 Å². The number of benzene rings is 1. The molecule has 106 valence electrons. The quantitative estimate of drug-likeness (QED) is 0.762. The van der Waals surface area contributed by atoms with E-state index < -0.39 is 18.2 Å². The van der Waals surface area contributed by atoms with Crippen molar-refractivity contribution in [1.29, 1.82) is 0 Å². The molecular formula is C14H20O5. The number of aryl methyl sites for hydroxylation is 1. The Morgan fingerprint density at radius 2 is 2.05 bits per heavy atom. The second-order valence-corrected chi connectivity index (χ2v) is 4.27. The number of hydrogen-bond acceptors (Lipinski definition) is 5. The van der Waals surface area contributed by atoms with Crippen LogP contribution in [-0.2, 0) is 9.53 Å². The maximum atomic E-state index is 11.3. The summed E-state index contributed by atoms with van der Waals surface area (Å²) < 4.78 is 9.87. The van der Waals surface area contributed by atoms with Crippen LogP contribution in [0.5, 0.6) is 5.75 Å². The lowest BCUT2D eigenvalue weighted by Gasteiger charge is -2.20. The summed E-state index contributed by atoms with van der Waals surface area (Å²) in [7, 11) is 1.48. The van der Waals surface area contributed by atoms with Crippen LogP contribution in [0.3, 0.4) is 0 Å². The van der Waals surface area contributed by atoms with Gasteiger partial charge in [-0.05, 0) is 26.0 Å². The van der Waals surface area contributed by atoms with E-state index in [0.29, 0.717) is 11.3 Å². The van der Waals surface area contributed by atoms with Crippen molar-refractivity contribution in [3.8, 4) is 5.75 Å². The fourth-order valence-corrected chi connectivity index (χ4v) is 1.79. The first-order valence-electron chi connectivity index (χ1n) is 6.15. The Morgan fingerprint density at radius 3 is 2.63 bits per heavy atom. The lowest BCUT2D eigenvalue weighted by molar-refractivity contribution is -0.147. The van der Waals surface area contributed by atoms with Gasteiger partial charge in [0.05, 0.1) is 26.2 Å². The molecule has 0 aliphatic rings. The maximum absolute atomic E-state index is 11.3. The van der Waals surface area contributed by atoms with E-state index in [0.717, 1.165) is 5.56 Å². The normalized spacial score (nSPS) is 13.7. The summed E-state index contributed by atoms with van der Waals surface area (Å²) in [6.45, 7) is 3.80. The van der Waals surface area contributed by atoms with E-state index in [4.69, 9.17) is 9.47 Å². The average Bonchev–Trinajstić information content (AvgIpc) is 2.37. The molecule has 2 unspecified atom stereocenters. The standard InChI is InChI=1S/C14H20O5/c1-4-19-13(16)8-11(15)14(17)10-7-9(2)5-6-12(10)18-3/h5-7,11,14-15,17H,4,8H2,1-3H3. The Bertz CT molecular complexity index is 430. The SMILES string of the molecule is CCOC(=O)CC(O)C(O)c1cc(C)ccc1OC. The van der Waals surface area contributed by atoms with Crippen LogP contribution in [0.15, 0.2) is 18.2 Å². The first-order chi connectivity index (χ1) is 8.99. The molecule has 0 amide bonds. The van der Waals surface area contributed by atoms with Crippen LogP contribution in [0.25, 0.3) is 0 Å². The molecule has 0 radical (unpaired) electrons. The Hall–Kier alpha value is -1.59. The summed E-state index contributed by atoms with van der Waals surface area (Å²) in [5, 5.41) is 20.0. The zero-order valence-corrected chi connectivity index (χ0v) is 11.4. The highest BCUT2D eigenvalue weighted by Gasteiger charge is 2.24. The molecule has 1 aromatic carbocycles. The number of esters is 1. The predicted molar refractivity (Wildman–Crippen MR) is 69.9 cm³/mol. The minimum absolute atomic E-state index is 0.245. The van der Waals surface area contributed by atoms with Gasteiger partial charge >= 0.3 is 5.97 Å². The largest absolute Gasteiger partial charge is 0.496 e. The van der Waals surface area contributed by atoms with Crippen LogP contribution in [-0.4, -0.2) is 36.0 Å². The number of rotatable bonds is 6. The third-order valence-electron chi connectivity index (χ3n) is 2.75. The van der Waals surface area contributed by atoms with Gasteiger partial charge in [-0.2, -0.15) is 0 Å². The molecule has 0 aliphatic heterocycles. The van der Waals surface area contributed by atoms with Gasteiger partial charge in [0, 0.05) is 5.56 Å². The number of ether oxygens (including phenoxy) is 2. The maximum Gasteiger partial charge on any atom is 0.308 e. The fraction of sp³-hybridized carbons (Fsp3) is 0.500. The highest BCUT2D eigenvalue weighted by Crippen LogP contribution is 2.29. The molecule has 2 N–H and O–H groups in total. The van der Waals surface area contributed by atoms with Crippen LogP contribution in [0.1, 0.15) is 30.6 Å². The Labute approximate surface area is 112 Å². The van der Waals surface area contributed by atoms with Crippen LogP contribution < -0.4 is 4.74 Å². The van der Waals surface area contributed by atoms with Crippen molar-refractivity contribution in [3.05, 3.63) is 29.3 Å². The van der Waals surface area contributed by atoms with E-state index in [1.54, 1.807) is 19.1 Å². The van der Waals surface area contributed by atoms with Gasteiger partial charge in [0.2, 0.25) is 0 Å². The Morgan fingerprint density at radius 1 is 1.37 bits per heavy atom. The van der Waals surface area contributed by atoms with Crippen molar-refractivity contribution >= 4 is 5.97 Å². The van der Waals surface area contributed by atoms with Gasteiger partial charge in [-0.15, -0.1) is 0 Å². The van der Waals surface area contributed by atoms with Crippen molar-refractivity contribution in [2.24, 2.45) is 0 Å². The molecule has 0 aromatic heterocycles. The number of aliphatic hydroxyl groups excluding tert-OH is 2. The molecule has 0 spiro atoms. The highest BCUT2D eigenvalue weighted by molar-refractivity contribution is 5.70. The van der Waals surface area contributed by atoms with Crippen LogP contribution in [0, 0.1) is 6.92 Å². The molecule has 5 heteroatoms. The van der Waals surface area contributed by atoms with Crippen LogP contribution in [0.4, 0.5) is 0 Å². The van der Waals surface area contributed by atoms with Gasteiger partial charge in [0.15, 0.2) is 0 Å². The first-order valence-corrected chi connectivity index (χ1v) is 6.15. The third-order valence-corrected chi connectivity index (χ3v) is 2.75. The number of carbonyl (C=O) groups is 1. The van der Waals surface area contributed by atoms with E-state index >= 15 is 0 Å². The minimum atomic E-state index is -1.23. The Balaban J connectivity index is 2.83. The first kappa shape index (κ1) is 15.5. The number of hydrogen-bond donors (Lipinski definition) is 2. The second-order valence-electron chi connectivity index (χ2n) is 4.27. The van der Waals surface area contributed by atoms with Crippen LogP contribution in [0.2, 0.25) is 0 Å². The summed E-state index contributed by atoms with van der Waals surface area (Å²) in [6.07, 6.45) is -2.68. The predicted octanol–water partition coefficient (Wildman–Crippen LogP) is 1.35. The van der Waals surface area contributed by atoms with Gasteiger partial charge in [-0.1, -0.05) is 11.6 Å². The van der Waals surface area contributed by atoms with Gasteiger partial charge < -0.3 is 19.7 Å². The van der Waals surface area contributed by atoms with Gasteiger partial charge in [0.1, 0.15) is 11.9 Å². The lowest BCUT2D eigenvalue weighted by Crippen LogP contribution is -2.23. The van der Waals surface area contributed by atoms with Gasteiger partial charge in [0.25, 0.3) is 0 Å². The van der Waals surface area contributed by atoms with Crippen molar-refractivity contribution < 1.29 is 24.5 Å². The van der Waals surface area contributed by atoms with E-state index in [1.807, 2.05) is 13.0 Å². The summed E-state index contributed by atoms with van der Waals surface area (Å²) in [5.74, 6) is -0.0679. The monoisotopic (exact) mass is 268 g/mol. The van der Waals surface area contributed by atoms with E-state index in [1.165, 1.54) is 7.11 Å². The molecule has 0 saturated carbocycles. The summed E-state index contributed by atoms with van der Waals surface area (Å²) >= 11 is 0. The van der Waals surface area contributed by atoms with E-state index in [2.05, 4.69) is 0 Å². The summed E-state index contributed by atoms with van der Waals surface area (Å²) in [5.41, 5.74) is 1.39. The smallest absolute Gasteiger partial charge is 0.308 e. The lowest BCUT2D eigenvalue weighted by atomic mass is 9.99. The molecular weight excluding hydrogens is 248 g/mol. The molecule has 0 fully saturated rings. The molecule has 0 heterocycles. The summed E-state index contributed by atoms with van der Waals surface area (Å²) in [6, 6.07) is 5.27. The second kappa shape index (κ2) is 7.11. The average molecular weight is 268 g/mol. The number of aliphatic hydroxyl groups is 2. The molecule has 0 aliphatic carbocycles. The topological polar surface area (TPSA) is 76.0 Å². The zero-order valence-electron chi connectivity index (χ0n) is 11.4. The molecule has 0 saturated heterocycles. The third kappa shape index (κ3) is 4.22. The Kier molecular flexibility index (Phi) is 5.79. The highest BCUT2D eigenvalue weighted by atomic mass is 16.5. The zero-order chi connectivity index (χ0) is 14.4. The molecule has 2 atom stereocenters. The fourth-order valence-electron chi connectivity index (χ4n) is 1.79. The molecule has 19 heavy (non-hydrogen) atoms. The van der Waals surface area contributed by atoms with Crippen molar-refractivity contribution in [2.45, 2.75) is 32.5 Å². The van der Waals surface area contributed by atoms with Gasteiger partial charge in [-0.25, -0.2) is 0 Å². The number of carbonyl (C=O) groups excluding carboxylic acids is 1. The van der Waals surface area contributed by atoms with Crippen LogP contribution >= 0.6 is 0 Å². The molecule has 0 bridgehead atoms. The summed E-state index contributed by atoms with van der Waals surface area (Å²) in [4.78, 5) is 11.3. The number of methoxy groups -OCH3 is 1. The van der Waals surface area contributed by atoms with E-state index in [9.17, 15) is 15.0 Å². The van der Waals surface area contributed by atoms with Gasteiger partial charge in [-0.3, -0.25) is 4.79 Å². The van der Waals surface area contributed by atoms with E-state index in [-0.39, 0.29) is 13.0 Å². The van der Waals surface area contributed by atoms with Crippen molar-refractivity contribution in [2.75, 3.05) is 13.7 Å². The molecule has 1 aromatic rings. The minimum Gasteiger partial charge on any atom is -0.496 e. The molecule has 5 nitrogen and oxygen atoms in total. The molecule has 1 rings (SSSR count). The van der Waals surface area contributed by atoms with Crippen molar-refractivity contribution in [1.82, 2.24) is 0 Å².